The van der Waals surface area contributed by atoms with Gasteiger partial charge in [0.25, 0.3) is 0 Å². The van der Waals surface area contributed by atoms with Crippen molar-refractivity contribution in [3.63, 3.8) is 0 Å². The van der Waals surface area contributed by atoms with Gasteiger partial charge in [0.1, 0.15) is 0 Å². The first-order valence-electron chi connectivity index (χ1n) is 4.19. The van der Waals surface area contributed by atoms with Crippen LogP contribution >= 0.6 is 46.4 Å². The quantitative estimate of drug-likeness (QED) is 0.643. The first kappa shape index (κ1) is 13.7. The number of amides is 1. The highest BCUT2D eigenvalue weighted by molar-refractivity contribution is 6.69. The summed E-state index contributed by atoms with van der Waals surface area (Å²) in [5.74, 6) is -0.381. The van der Waals surface area contributed by atoms with Gasteiger partial charge in [0.15, 0.2) is 0 Å². The molecule has 1 rings (SSSR count). The highest BCUT2D eigenvalue weighted by Gasteiger charge is 2.14. The molecule has 0 fully saturated rings. The largest absolute Gasteiger partial charge is 0.323 e. The molecule has 2 nitrogen and oxygen atoms in total. The Morgan fingerprint density at radius 3 is 2.25 bits per heavy atom. The van der Waals surface area contributed by atoms with E-state index in [4.69, 9.17) is 46.4 Å². The second-order valence-electron chi connectivity index (χ2n) is 2.87. The van der Waals surface area contributed by atoms with Crippen molar-refractivity contribution in [2.45, 2.75) is 3.79 Å². The molecule has 0 saturated carbocycles. The summed E-state index contributed by atoms with van der Waals surface area (Å²) in [6.07, 6.45) is 2.32. The van der Waals surface area contributed by atoms with Gasteiger partial charge in [-0.15, -0.1) is 0 Å². The van der Waals surface area contributed by atoms with Gasteiger partial charge in [-0.25, -0.2) is 0 Å². The fraction of sp³-hybridized carbons (Fsp3) is 0.100. The van der Waals surface area contributed by atoms with Crippen LogP contribution in [0.25, 0.3) is 0 Å². The molecule has 0 bridgehead atoms. The Morgan fingerprint density at radius 1 is 1.19 bits per heavy atom. The smallest absolute Gasteiger partial charge is 0.248 e. The van der Waals surface area contributed by atoms with Crippen molar-refractivity contribution in [2.24, 2.45) is 0 Å². The van der Waals surface area contributed by atoms with E-state index in [9.17, 15) is 4.79 Å². The third kappa shape index (κ3) is 5.61. The van der Waals surface area contributed by atoms with E-state index in [1.165, 1.54) is 6.08 Å². The molecular formula is C10H7Cl4NO. The molecule has 1 amide bonds. The van der Waals surface area contributed by atoms with Gasteiger partial charge in [-0.1, -0.05) is 46.4 Å². The molecule has 0 saturated heterocycles. The summed E-state index contributed by atoms with van der Waals surface area (Å²) in [7, 11) is 0. The van der Waals surface area contributed by atoms with Crippen molar-refractivity contribution < 1.29 is 4.79 Å². The van der Waals surface area contributed by atoms with E-state index in [0.717, 1.165) is 6.08 Å². The lowest BCUT2D eigenvalue weighted by atomic mass is 10.3. The molecular weight excluding hydrogens is 292 g/mol. The number of rotatable bonds is 2. The predicted octanol–water partition coefficient (Wildman–Crippen LogP) is 4.20. The Bertz CT molecular complexity index is 394. The maximum atomic E-state index is 11.3. The molecule has 0 spiro atoms. The second kappa shape index (κ2) is 5.78. The minimum absolute atomic E-state index is 0.381. The molecule has 0 aliphatic carbocycles. The van der Waals surface area contributed by atoms with Crippen molar-refractivity contribution in [2.75, 3.05) is 5.32 Å². The zero-order valence-corrected chi connectivity index (χ0v) is 10.9. The molecule has 86 valence electrons. The molecule has 0 radical (unpaired) electrons. The average Bonchev–Trinajstić information content (AvgIpc) is 2.18. The van der Waals surface area contributed by atoms with Gasteiger partial charge in [0, 0.05) is 16.8 Å². The number of benzene rings is 1. The summed E-state index contributed by atoms with van der Waals surface area (Å²) in [5.41, 5.74) is 0.614. The van der Waals surface area contributed by atoms with Crippen LogP contribution in [0.2, 0.25) is 5.02 Å². The molecule has 0 aromatic heterocycles. The normalized spacial score (nSPS) is 11.8. The number of carbonyl (C=O) groups is 1. The molecule has 0 unspecified atom stereocenters. The molecule has 1 aromatic rings. The molecule has 0 heterocycles. The number of carbonyl (C=O) groups excluding carboxylic acids is 1. The molecule has 0 atom stereocenters. The maximum absolute atomic E-state index is 11.3. The minimum Gasteiger partial charge on any atom is -0.323 e. The van der Waals surface area contributed by atoms with E-state index in [-0.39, 0.29) is 5.91 Å². The standard InChI is InChI=1S/C10H7Cl4NO/c11-7-1-3-8(4-2-7)15-9(16)5-6-10(12,13)14/h1-6H,(H,15,16)/b6-5-. The number of alkyl halides is 3. The Morgan fingerprint density at radius 2 is 1.75 bits per heavy atom. The van der Waals surface area contributed by atoms with Crippen molar-refractivity contribution in [3.8, 4) is 0 Å². The third-order valence-corrected chi connectivity index (χ3v) is 2.17. The van der Waals surface area contributed by atoms with E-state index in [1.54, 1.807) is 24.3 Å². The van der Waals surface area contributed by atoms with Gasteiger partial charge in [-0.2, -0.15) is 0 Å². The van der Waals surface area contributed by atoms with Crippen molar-refractivity contribution in [1.29, 1.82) is 0 Å². The monoisotopic (exact) mass is 297 g/mol. The molecule has 1 N–H and O–H groups in total. The molecule has 0 aliphatic heterocycles. The van der Waals surface area contributed by atoms with E-state index in [1.807, 2.05) is 0 Å². The van der Waals surface area contributed by atoms with E-state index in [2.05, 4.69) is 5.32 Å². The lowest BCUT2D eigenvalue weighted by Gasteiger charge is -2.04. The highest BCUT2D eigenvalue weighted by atomic mass is 35.6. The maximum Gasteiger partial charge on any atom is 0.248 e. The van der Waals surface area contributed by atoms with Gasteiger partial charge >= 0.3 is 0 Å². The summed E-state index contributed by atoms with van der Waals surface area (Å²) in [6.45, 7) is 0. The predicted molar refractivity (Wildman–Crippen MR) is 69.5 cm³/mol. The fourth-order valence-electron chi connectivity index (χ4n) is 0.887. The highest BCUT2D eigenvalue weighted by Crippen LogP contribution is 2.27. The van der Waals surface area contributed by atoms with Gasteiger partial charge in [0.2, 0.25) is 9.70 Å². The molecule has 16 heavy (non-hydrogen) atoms. The van der Waals surface area contributed by atoms with Crippen molar-refractivity contribution >= 4 is 58.0 Å². The summed E-state index contributed by atoms with van der Waals surface area (Å²) in [4.78, 5) is 11.3. The second-order valence-corrected chi connectivity index (χ2v) is 5.68. The first-order chi connectivity index (χ1) is 7.37. The lowest BCUT2D eigenvalue weighted by Crippen LogP contribution is -2.09. The van der Waals surface area contributed by atoms with E-state index < -0.39 is 3.79 Å². The van der Waals surface area contributed by atoms with Gasteiger partial charge in [-0.3, -0.25) is 4.79 Å². The first-order valence-corrected chi connectivity index (χ1v) is 5.70. The Balaban J connectivity index is 2.59. The summed E-state index contributed by atoms with van der Waals surface area (Å²) >= 11 is 22.0. The van der Waals surface area contributed by atoms with Crippen molar-refractivity contribution in [3.05, 3.63) is 41.4 Å². The summed E-state index contributed by atoms with van der Waals surface area (Å²) < 4.78 is -1.57. The van der Waals surface area contributed by atoms with Crippen LogP contribution in [0, 0.1) is 0 Å². The van der Waals surface area contributed by atoms with Crippen molar-refractivity contribution in [1.82, 2.24) is 0 Å². The van der Waals surface area contributed by atoms with Gasteiger partial charge in [0.05, 0.1) is 0 Å². The van der Waals surface area contributed by atoms with Crippen LogP contribution in [0.5, 0.6) is 0 Å². The van der Waals surface area contributed by atoms with Crippen LogP contribution in [0.15, 0.2) is 36.4 Å². The van der Waals surface area contributed by atoms with Crippen LogP contribution in [0.1, 0.15) is 0 Å². The van der Waals surface area contributed by atoms with E-state index in [0.29, 0.717) is 10.7 Å². The number of nitrogens with one attached hydrogen (secondary N) is 1. The number of hydrogen-bond donors (Lipinski definition) is 1. The number of anilines is 1. The van der Waals surface area contributed by atoms with Gasteiger partial charge in [-0.05, 0) is 30.3 Å². The average molecular weight is 299 g/mol. The van der Waals surface area contributed by atoms with Crippen LogP contribution in [0.4, 0.5) is 5.69 Å². The Kier molecular flexibility index (Phi) is 4.93. The number of allylic oxidation sites excluding steroid dienone is 1. The third-order valence-electron chi connectivity index (χ3n) is 1.54. The minimum atomic E-state index is -1.57. The van der Waals surface area contributed by atoms with Crippen LogP contribution in [0.3, 0.4) is 0 Å². The Labute approximate surface area is 113 Å². The zero-order valence-electron chi connectivity index (χ0n) is 7.88. The van der Waals surface area contributed by atoms with Crippen LogP contribution in [-0.2, 0) is 4.79 Å². The fourth-order valence-corrected chi connectivity index (χ4v) is 1.20. The summed E-state index contributed by atoms with van der Waals surface area (Å²) in [5, 5.41) is 3.17. The van der Waals surface area contributed by atoms with Gasteiger partial charge < -0.3 is 5.32 Å². The Hall–Kier alpha value is -0.410. The molecule has 1 aromatic carbocycles. The van der Waals surface area contributed by atoms with Crippen LogP contribution < -0.4 is 5.32 Å². The number of halogens is 4. The van der Waals surface area contributed by atoms with Crippen LogP contribution in [-0.4, -0.2) is 9.70 Å². The zero-order chi connectivity index (χ0) is 12.2. The molecule has 6 heteroatoms. The lowest BCUT2D eigenvalue weighted by molar-refractivity contribution is -0.111. The summed E-state index contributed by atoms with van der Waals surface area (Å²) in [6, 6.07) is 6.67. The molecule has 0 aliphatic rings. The number of hydrogen-bond acceptors (Lipinski definition) is 1. The SMILES string of the molecule is O=C(/C=C\C(Cl)(Cl)Cl)Nc1ccc(Cl)cc1. The van der Waals surface area contributed by atoms with E-state index >= 15 is 0 Å². The topological polar surface area (TPSA) is 29.1 Å².